The molecule has 0 unspecified atom stereocenters. The number of hydrogen-bond acceptors (Lipinski definition) is 5. The summed E-state index contributed by atoms with van der Waals surface area (Å²) in [5.41, 5.74) is 4.65. The van der Waals surface area contributed by atoms with Gasteiger partial charge in [-0.1, -0.05) is 30.3 Å². The van der Waals surface area contributed by atoms with Gasteiger partial charge in [-0.2, -0.15) is 10.4 Å². The van der Waals surface area contributed by atoms with Crippen LogP contribution in [-0.4, -0.2) is 26.9 Å². The Balaban J connectivity index is 1.70. The SMILES string of the molecule is COc1ccc(-c2nn(-c3ccccc3)cc2/C=C(\C#N)c2nc3ccccc3c(=O)[nH]2)c(C)c1. The number of benzene rings is 3. The highest BCUT2D eigenvalue weighted by Crippen LogP contribution is 2.31. The fraction of sp³-hybridized carbons (Fsp3) is 0.0714. The second-order valence-electron chi connectivity index (χ2n) is 8.00. The lowest BCUT2D eigenvalue weighted by molar-refractivity contribution is 0.414. The minimum Gasteiger partial charge on any atom is -0.497 e. The highest BCUT2D eigenvalue weighted by Gasteiger charge is 2.16. The molecule has 1 N–H and O–H groups in total. The topological polar surface area (TPSA) is 96.6 Å². The molecule has 0 aliphatic heterocycles. The van der Waals surface area contributed by atoms with Gasteiger partial charge in [0.2, 0.25) is 0 Å². The Morgan fingerprint density at radius 2 is 1.86 bits per heavy atom. The molecule has 170 valence electrons. The standard InChI is InChI=1S/C28H21N5O2/c1-18-14-22(35-2)12-13-23(18)26-20(17-33(32-26)21-8-4-3-5-9-21)15-19(16-29)27-30-25-11-7-6-10-24(25)28(34)31-27/h3-15,17H,1-2H3,(H,30,31,34)/b19-15+. The van der Waals surface area contributed by atoms with Crippen LogP contribution in [0.2, 0.25) is 0 Å². The van der Waals surface area contributed by atoms with E-state index in [1.807, 2.05) is 67.7 Å². The lowest BCUT2D eigenvalue weighted by Crippen LogP contribution is -2.11. The van der Waals surface area contributed by atoms with Crippen molar-refractivity contribution in [2.45, 2.75) is 6.92 Å². The van der Waals surface area contributed by atoms with Gasteiger partial charge in [-0.15, -0.1) is 0 Å². The van der Waals surface area contributed by atoms with Crippen molar-refractivity contribution in [2.75, 3.05) is 7.11 Å². The Labute approximate surface area is 201 Å². The summed E-state index contributed by atoms with van der Waals surface area (Å²) < 4.78 is 7.13. The number of fused-ring (bicyclic) bond motifs is 1. The van der Waals surface area contributed by atoms with Gasteiger partial charge in [0, 0.05) is 17.3 Å². The van der Waals surface area contributed by atoms with Crippen LogP contribution in [0, 0.1) is 18.3 Å². The van der Waals surface area contributed by atoms with E-state index in [0.717, 1.165) is 28.1 Å². The van der Waals surface area contributed by atoms with Gasteiger partial charge in [0.25, 0.3) is 5.56 Å². The number of nitrogens with one attached hydrogen (secondary N) is 1. The van der Waals surface area contributed by atoms with E-state index >= 15 is 0 Å². The van der Waals surface area contributed by atoms with Gasteiger partial charge in [0.1, 0.15) is 17.5 Å². The molecular formula is C28H21N5O2. The van der Waals surface area contributed by atoms with Crippen molar-refractivity contribution in [3.8, 4) is 28.8 Å². The highest BCUT2D eigenvalue weighted by atomic mass is 16.5. The van der Waals surface area contributed by atoms with Gasteiger partial charge >= 0.3 is 0 Å². The van der Waals surface area contributed by atoms with Crippen molar-refractivity contribution in [3.63, 3.8) is 0 Å². The molecule has 0 spiro atoms. The molecule has 0 aliphatic carbocycles. The van der Waals surface area contributed by atoms with Gasteiger partial charge in [-0.05, 0) is 61.0 Å². The molecule has 0 aliphatic rings. The molecule has 7 heteroatoms. The number of nitrogens with zero attached hydrogens (tertiary/aromatic N) is 4. The largest absolute Gasteiger partial charge is 0.497 e. The van der Waals surface area contributed by atoms with E-state index in [1.165, 1.54) is 0 Å². The quantitative estimate of drug-likeness (QED) is 0.366. The molecule has 35 heavy (non-hydrogen) atoms. The number of ether oxygens (including phenoxy) is 1. The number of aromatic nitrogens is 4. The zero-order valence-electron chi connectivity index (χ0n) is 19.2. The normalized spacial score (nSPS) is 11.4. The maximum absolute atomic E-state index is 12.6. The molecule has 0 bridgehead atoms. The predicted molar refractivity (Wildman–Crippen MR) is 136 cm³/mol. The summed E-state index contributed by atoms with van der Waals surface area (Å²) in [6.45, 7) is 1.99. The minimum atomic E-state index is -0.294. The smallest absolute Gasteiger partial charge is 0.259 e. The molecule has 0 saturated carbocycles. The second kappa shape index (κ2) is 9.12. The number of aromatic amines is 1. The van der Waals surface area contributed by atoms with Crippen molar-refractivity contribution >= 4 is 22.6 Å². The maximum atomic E-state index is 12.6. The van der Waals surface area contributed by atoms with Crippen LogP contribution < -0.4 is 10.3 Å². The molecule has 0 amide bonds. The number of nitriles is 1. The number of para-hydroxylation sites is 2. The lowest BCUT2D eigenvalue weighted by Gasteiger charge is -2.07. The number of allylic oxidation sites excluding steroid dienone is 1. The van der Waals surface area contributed by atoms with Crippen LogP contribution in [0.4, 0.5) is 0 Å². The van der Waals surface area contributed by atoms with Crippen molar-refractivity contribution in [1.29, 1.82) is 5.26 Å². The summed E-state index contributed by atoms with van der Waals surface area (Å²) in [6, 6.07) is 24.7. The molecule has 0 radical (unpaired) electrons. The third kappa shape index (κ3) is 4.21. The highest BCUT2D eigenvalue weighted by molar-refractivity contribution is 5.92. The van der Waals surface area contributed by atoms with Crippen LogP contribution in [0.1, 0.15) is 17.0 Å². The summed E-state index contributed by atoms with van der Waals surface area (Å²) in [5.74, 6) is 0.961. The molecule has 2 aromatic heterocycles. The van der Waals surface area contributed by atoms with E-state index in [-0.39, 0.29) is 17.0 Å². The summed E-state index contributed by atoms with van der Waals surface area (Å²) >= 11 is 0. The molecule has 3 aromatic carbocycles. The van der Waals surface area contributed by atoms with E-state index in [4.69, 9.17) is 9.84 Å². The molecule has 2 heterocycles. The number of methoxy groups -OCH3 is 1. The van der Waals surface area contributed by atoms with Crippen LogP contribution in [-0.2, 0) is 0 Å². The van der Waals surface area contributed by atoms with Crippen molar-refractivity contribution in [1.82, 2.24) is 19.7 Å². The summed E-state index contributed by atoms with van der Waals surface area (Å²) in [5, 5.41) is 15.3. The van der Waals surface area contributed by atoms with Crippen LogP contribution in [0.15, 0.2) is 83.8 Å². The number of hydrogen-bond donors (Lipinski definition) is 1. The lowest BCUT2D eigenvalue weighted by atomic mass is 10.0. The summed E-state index contributed by atoms with van der Waals surface area (Å²) in [4.78, 5) is 19.9. The first-order chi connectivity index (χ1) is 17.1. The first-order valence-corrected chi connectivity index (χ1v) is 11.0. The average molecular weight is 460 g/mol. The van der Waals surface area contributed by atoms with Gasteiger partial charge in [-0.3, -0.25) is 4.79 Å². The molecular weight excluding hydrogens is 438 g/mol. The van der Waals surface area contributed by atoms with Crippen molar-refractivity contribution < 1.29 is 4.74 Å². The first kappa shape index (κ1) is 21.9. The Morgan fingerprint density at radius 1 is 1.09 bits per heavy atom. The van der Waals surface area contributed by atoms with Crippen LogP contribution in [0.5, 0.6) is 5.75 Å². The Hall–Kier alpha value is -4.96. The van der Waals surface area contributed by atoms with Crippen LogP contribution in [0.3, 0.4) is 0 Å². The van der Waals surface area contributed by atoms with Gasteiger partial charge in [0.05, 0.1) is 29.3 Å². The van der Waals surface area contributed by atoms with E-state index in [2.05, 4.69) is 16.0 Å². The number of H-pyrrole nitrogens is 1. The number of rotatable bonds is 5. The Kier molecular flexibility index (Phi) is 5.70. The third-order valence-electron chi connectivity index (χ3n) is 5.74. The van der Waals surface area contributed by atoms with Gasteiger partial charge in [0.15, 0.2) is 5.82 Å². The first-order valence-electron chi connectivity index (χ1n) is 11.0. The van der Waals surface area contributed by atoms with Gasteiger partial charge < -0.3 is 9.72 Å². The fourth-order valence-electron chi connectivity index (χ4n) is 3.97. The van der Waals surface area contributed by atoms with E-state index in [9.17, 15) is 10.1 Å². The predicted octanol–water partition coefficient (Wildman–Crippen LogP) is 5.16. The Morgan fingerprint density at radius 3 is 2.60 bits per heavy atom. The number of aryl methyl sites for hydroxylation is 1. The Bertz CT molecular complexity index is 1670. The van der Waals surface area contributed by atoms with Crippen LogP contribution in [0.25, 0.3) is 39.5 Å². The van der Waals surface area contributed by atoms with Crippen molar-refractivity contribution in [3.05, 3.63) is 106 Å². The summed E-state index contributed by atoms with van der Waals surface area (Å²) in [7, 11) is 1.63. The second-order valence-corrected chi connectivity index (χ2v) is 8.00. The van der Waals surface area contributed by atoms with Crippen molar-refractivity contribution in [2.24, 2.45) is 0 Å². The van der Waals surface area contributed by atoms with Crippen LogP contribution >= 0.6 is 0 Å². The van der Waals surface area contributed by atoms with Gasteiger partial charge in [-0.25, -0.2) is 9.67 Å². The van der Waals surface area contributed by atoms with E-state index in [0.29, 0.717) is 16.6 Å². The minimum absolute atomic E-state index is 0.209. The molecule has 5 aromatic rings. The average Bonchev–Trinajstić information content (AvgIpc) is 3.31. The molecule has 0 atom stereocenters. The molecule has 0 fully saturated rings. The monoisotopic (exact) mass is 459 g/mol. The zero-order chi connectivity index (χ0) is 24.4. The zero-order valence-corrected chi connectivity index (χ0v) is 19.2. The molecule has 0 saturated heterocycles. The van der Waals surface area contributed by atoms with E-state index in [1.54, 1.807) is 36.1 Å². The maximum Gasteiger partial charge on any atom is 0.259 e. The molecule has 5 rings (SSSR count). The fourth-order valence-corrected chi connectivity index (χ4v) is 3.97. The summed E-state index contributed by atoms with van der Waals surface area (Å²) in [6.07, 6.45) is 3.57. The molecule has 7 nitrogen and oxygen atoms in total. The third-order valence-corrected chi connectivity index (χ3v) is 5.74. The van der Waals surface area contributed by atoms with E-state index < -0.39 is 0 Å².